The van der Waals surface area contributed by atoms with Crippen molar-refractivity contribution in [2.75, 3.05) is 21.4 Å². The van der Waals surface area contributed by atoms with Crippen LogP contribution in [0.25, 0.3) is 0 Å². The molecule has 1 aromatic heterocycles. The zero-order valence-electron chi connectivity index (χ0n) is 19.6. The van der Waals surface area contributed by atoms with Gasteiger partial charge in [-0.3, -0.25) is 21.0 Å². The third kappa shape index (κ3) is 8.33. The van der Waals surface area contributed by atoms with Gasteiger partial charge in [0.25, 0.3) is 5.69 Å². The number of anilines is 4. The molecule has 194 valence electrons. The molecule has 3 aromatic carbocycles. The Balaban J connectivity index is 1.42. The standard InChI is InChI=1S/C24H21Br2N9O2S/c25-17-5-1-15(2-6-17)13-27-21-30-22(28-14-16-3-7-18(26)8-4-16)32-23(31-21)33-34-24(38)29-19-9-11-20(12-10-19)35(36)37/h1-12H,13-14H2,(H2,29,34,38)(H3,27,28,30,31,32,33). The van der Waals surface area contributed by atoms with Gasteiger partial charge in [-0.2, -0.15) is 15.0 Å². The SMILES string of the molecule is O=[N+]([O-])c1ccc(NC(=S)NNc2nc(NCc3ccc(Br)cc3)nc(NCc3ccc(Br)cc3)n2)cc1. The molecule has 0 radical (unpaired) electrons. The molecule has 1 heterocycles. The van der Waals surface area contributed by atoms with Gasteiger partial charge in [0.15, 0.2) is 5.11 Å². The first-order chi connectivity index (χ1) is 18.3. The van der Waals surface area contributed by atoms with Gasteiger partial charge >= 0.3 is 0 Å². The number of rotatable bonds is 10. The number of thiocarbonyl (C=S) groups is 1. The topological polar surface area (TPSA) is 142 Å². The molecule has 38 heavy (non-hydrogen) atoms. The number of hydrogen-bond acceptors (Lipinski definition) is 9. The van der Waals surface area contributed by atoms with Gasteiger partial charge in [-0.05, 0) is 59.7 Å². The second-order valence-corrected chi connectivity index (χ2v) is 10.0. The maximum atomic E-state index is 10.8. The van der Waals surface area contributed by atoms with Crippen molar-refractivity contribution in [3.63, 3.8) is 0 Å². The summed E-state index contributed by atoms with van der Waals surface area (Å²) in [6.07, 6.45) is 0. The lowest BCUT2D eigenvalue weighted by molar-refractivity contribution is -0.384. The van der Waals surface area contributed by atoms with Gasteiger partial charge in [-0.15, -0.1) is 0 Å². The van der Waals surface area contributed by atoms with Crippen LogP contribution >= 0.6 is 44.1 Å². The van der Waals surface area contributed by atoms with Crippen LogP contribution in [0.3, 0.4) is 0 Å². The number of nitrogens with one attached hydrogen (secondary N) is 5. The first kappa shape index (κ1) is 27.2. The van der Waals surface area contributed by atoms with Crippen molar-refractivity contribution in [2.24, 2.45) is 0 Å². The van der Waals surface area contributed by atoms with Gasteiger partial charge in [-0.1, -0.05) is 56.1 Å². The van der Waals surface area contributed by atoms with E-state index in [9.17, 15) is 10.1 Å². The van der Waals surface area contributed by atoms with E-state index in [1.54, 1.807) is 12.1 Å². The summed E-state index contributed by atoms with van der Waals surface area (Å²) >= 11 is 12.2. The van der Waals surface area contributed by atoms with Gasteiger partial charge in [0.1, 0.15) is 0 Å². The maximum absolute atomic E-state index is 10.8. The molecule has 11 nitrogen and oxygen atoms in total. The summed E-state index contributed by atoms with van der Waals surface area (Å²) in [5, 5.41) is 20.4. The number of nitrogens with zero attached hydrogens (tertiary/aromatic N) is 4. The number of hydrazine groups is 1. The summed E-state index contributed by atoms with van der Waals surface area (Å²) in [7, 11) is 0. The molecule has 0 atom stereocenters. The number of halogens is 2. The quantitative estimate of drug-likeness (QED) is 0.0796. The van der Waals surface area contributed by atoms with Crippen LogP contribution in [0.5, 0.6) is 0 Å². The zero-order valence-corrected chi connectivity index (χ0v) is 23.6. The highest BCUT2D eigenvalue weighted by molar-refractivity contribution is 9.10. The molecule has 0 aliphatic heterocycles. The van der Waals surface area contributed by atoms with Crippen LogP contribution in [0.2, 0.25) is 0 Å². The molecule has 5 N–H and O–H groups in total. The van der Waals surface area contributed by atoms with E-state index in [4.69, 9.17) is 12.2 Å². The van der Waals surface area contributed by atoms with Crippen molar-refractivity contribution in [3.05, 3.63) is 103 Å². The second-order valence-electron chi connectivity index (χ2n) is 7.77. The molecule has 0 amide bonds. The van der Waals surface area contributed by atoms with Gasteiger partial charge < -0.3 is 16.0 Å². The van der Waals surface area contributed by atoms with Crippen LogP contribution < -0.4 is 26.8 Å². The van der Waals surface area contributed by atoms with Crippen molar-refractivity contribution in [2.45, 2.75) is 13.1 Å². The molecular formula is C24H21Br2N9O2S. The average Bonchev–Trinajstić information content (AvgIpc) is 2.91. The molecule has 4 rings (SSSR count). The van der Waals surface area contributed by atoms with Crippen LogP contribution in [0.4, 0.5) is 29.2 Å². The van der Waals surface area contributed by atoms with Gasteiger partial charge in [0.05, 0.1) is 4.92 Å². The molecule has 0 aliphatic carbocycles. The Labute approximate surface area is 240 Å². The van der Waals surface area contributed by atoms with Crippen LogP contribution in [-0.4, -0.2) is 25.0 Å². The predicted molar refractivity (Wildman–Crippen MR) is 159 cm³/mol. The Morgan fingerprint density at radius 3 is 1.71 bits per heavy atom. The molecule has 0 fully saturated rings. The Bertz CT molecular complexity index is 1340. The van der Waals surface area contributed by atoms with Crippen molar-refractivity contribution >= 4 is 78.4 Å². The molecule has 0 aliphatic rings. The average molecular weight is 659 g/mol. The van der Waals surface area contributed by atoms with Gasteiger partial charge in [0.2, 0.25) is 17.8 Å². The highest BCUT2D eigenvalue weighted by Gasteiger charge is 2.09. The minimum absolute atomic E-state index is 0.0101. The molecule has 14 heteroatoms. The minimum atomic E-state index is -0.465. The van der Waals surface area contributed by atoms with E-state index in [1.165, 1.54) is 12.1 Å². The maximum Gasteiger partial charge on any atom is 0.269 e. The third-order valence-corrected chi connectivity index (χ3v) is 6.25. The van der Waals surface area contributed by atoms with Gasteiger partial charge in [0, 0.05) is 39.9 Å². The van der Waals surface area contributed by atoms with E-state index < -0.39 is 4.92 Å². The van der Waals surface area contributed by atoms with Crippen molar-refractivity contribution in [1.29, 1.82) is 0 Å². The fraction of sp³-hybridized carbons (Fsp3) is 0.0833. The summed E-state index contributed by atoms with van der Waals surface area (Å²) in [6, 6.07) is 21.7. The monoisotopic (exact) mass is 657 g/mol. The van der Waals surface area contributed by atoms with E-state index in [1.807, 2.05) is 48.5 Å². The molecule has 0 saturated heterocycles. The lowest BCUT2D eigenvalue weighted by Gasteiger charge is -2.14. The second kappa shape index (κ2) is 13.1. The summed E-state index contributed by atoms with van der Waals surface area (Å²) in [5.41, 5.74) is 8.37. The fourth-order valence-corrected chi connectivity index (χ4v) is 3.80. The van der Waals surface area contributed by atoms with Crippen molar-refractivity contribution in [3.8, 4) is 0 Å². The molecule has 0 saturated carbocycles. The Morgan fingerprint density at radius 1 is 0.763 bits per heavy atom. The fourth-order valence-electron chi connectivity index (χ4n) is 3.10. The first-order valence-corrected chi connectivity index (χ1v) is 13.1. The molecule has 0 unspecified atom stereocenters. The Kier molecular flexibility index (Phi) is 9.35. The zero-order chi connectivity index (χ0) is 26.9. The number of nitro groups is 1. The number of hydrogen-bond donors (Lipinski definition) is 5. The largest absolute Gasteiger partial charge is 0.350 e. The number of nitro benzene ring substituents is 1. The summed E-state index contributed by atoms with van der Waals surface area (Å²) in [4.78, 5) is 23.7. The lowest BCUT2D eigenvalue weighted by Crippen LogP contribution is -2.34. The summed E-state index contributed by atoms with van der Waals surface area (Å²) < 4.78 is 1.99. The van der Waals surface area contributed by atoms with Crippen LogP contribution in [0, 0.1) is 10.1 Å². The minimum Gasteiger partial charge on any atom is -0.350 e. The first-order valence-electron chi connectivity index (χ1n) is 11.1. The number of non-ortho nitro benzene ring substituents is 1. The summed E-state index contributed by atoms with van der Waals surface area (Å²) in [6.45, 7) is 1.02. The Morgan fingerprint density at radius 2 is 1.24 bits per heavy atom. The highest BCUT2D eigenvalue weighted by Crippen LogP contribution is 2.17. The van der Waals surface area contributed by atoms with E-state index in [-0.39, 0.29) is 16.7 Å². The molecular weight excluding hydrogens is 638 g/mol. The van der Waals surface area contributed by atoms with Crippen LogP contribution in [0.1, 0.15) is 11.1 Å². The van der Waals surface area contributed by atoms with E-state index in [0.717, 1.165) is 20.1 Å². The van der Waals surface area contributed by atoms with Crippen LogP contribution in [0.15, 0.2) is 81.7 Å². The third-order valence-electron chi connectivity index (χ3n) is 4.99. The van der Waals surface area contributed by atoms with Gasteiger partial charge in [-0.25, -0.2) is 0 Å². The van der Waals surface area contributed by atoms with Crippen molar-refractivity contribution in [1.82, 2.24) is 20.4 Å². The Hall–Kier alpha value is -3.88. The lowest BCUT2D eigenvalue weighted by atomic mass is 10.2. The van der Waals surface area contributed by atoms with Crippen molar-refractivity contribution < 1.29 is 4.92 Å². The number of aromatic nitrogens is 3. The van der Waals surface area contributed by atoms with E-state index >= 15 is 0 Å². The molecule has 0 spiro atoms. The molecule has 4 aromatic rings. The summed E-state index contributed by atoms with van der Waals surface area (Å²) in [5.74, 6) is 0.948. The van der Waals surface area contributed by atoms with Crippen LogP contribution in [-0.2, 0) is 13.1 Å². The highest BCUT2D eigenvalue weighted by atomic mass is 79.9. The predicted octanol–water partition coefficient (Wildman–Crippen LogP) is 5.84. The normalized spacial score (nSPS) is 10.4. The number of benzene rings is 3. The van der Waals surface area contributed by atoms with E-state index in [0.29, 0.717) is 30.7 Å². The smallest absolute Gasteiger partial charge is 0.269 e. The van der Waals surface area contributed by atoms with E-state index in [2.05, 4.69) is 73.6 Å². The molecule has 0 bridgehead atoms.